The van der Waals surface area contributed by atoms with Crippen molar-refractivity contribution in [2.75, 3.05) is 12.8 Å². The van der Waals surface area contributed by atoms with Crippen LogP contribution in [-0.2, 0) is 22.6 Å². The van der Waals surface area contributed by atoms with Crippen LogP contribution in [0.3, 0.4) is 0 Å². The first kappa shape index (κ1) is 21.4. The molecular weight excluding hydrogens is 402 g/mol. The number of nitrogens with two attached hydrogens (primary N) is 1. The molecule has 0 saturated carbocycles. The number of nitrogens with zero attached hydrogens (tertiary/aromatic N) is 2. The van der Waals surface area contributed by atoms with Crippen molar-refractivity contribution in [3.63, 3.8) is 0 Å². The molecule has 0 fully saturated rings. The van der Waals surface area contributed by atoms with Crippen molar-refractivity contribution < 1.29 is 14.3 Å². The number of anilines is 1. The SMILES string of the molecule is COC(=O)Cc1ccccc1OCc1nn(C(C)C)c2ccc(-c3cccc(N)c3)cc12. The van der Waals surface area contributed by atoms with E-state index in [1.165, 1.54) is 7.11 Å². The van der Waals surface area contributed by atoms with Crippen LogP contribution in [0.5, 0.6) is 5.75 Å². The number of hydrogen-bond donors (Lipinski definition) is 1. The summed E-state index contributed by atoms with van der Waals surface area (Å²) in [6.07, 6.45) is 0.160. The van der Waals surface area contributed by atoms with Gasteiger partial charge in [0.15, 0.2) is 0 Å². The molecule has 6 heteroatoms. The molecule has 2 N–H and O–H groups in total. The lowest BCUT2D eigenvalue weighted by Gasteiger charge is -2.10. The summed E-state index contributed by atoms with van der Waals surface area (Å²) in [7, 11) is 1.38. The lowest BCUT2D eigenvalue weighted by atomic mass is 10.0. The van der Waals surface area contributed by atoms with Gasteiger partial charge in [-0.25, -0.2) is 0 Å². The van der Waals surface area contributed by atoms with Crippen molar-refractivity contribution in [2.45, 2.75) is 32.9 Å². The smallest absolute Gasteiger partial charge is 0.310 e. The lowest BCUT2D eigenvalue weighted by molar-refractivity contribution is -0.139. The van der Waals surface area contributed by atoms with Gasteiger partial charge in [0, 0.05) is 22.7 Å². The Hall–Kier alpha value is -3.80. The second-order valence-corrected chi connectivity index (χ2v) is 7.99. The van der Waals surface area contributed by atoms with E-state index >= 15 is 0 Å². The highest BCUT2D eigenvalue weighted by Crippen LogP contribution is 2.30. The molecule has 0 saturated heterocycles. The van der Waals surface area contributed by atoms with Crippen LogP contribution < -0.4 is 10.5 Å². The number of nitrogen functional groups attached to an aromatic ring is 1. The second kappa shape index (κ2) is 9.14. The minimum Gasteiger partial charge on any atom is -0.487 e. The highest BCUT2D eigenvalue weighted by atomic mass is 16.5. The van der Waals surface area contributed by atoms with Gasteiger partial charge in [-0.05, 0) is 55.3 Å². The van der Waals surface area contributed by atoms with Gasteiger partial charge < -0.3 is 15.2 Å². The van der Waals surface area contributed by atoms with Crippen LogP contribution >= 0.6 is 0 Å². The molecule has 0 aliphatic heterocycles. The zero-order chi connectivity index (χ0) is 22.7. The molecule has 6 nitrogen and oxygen atoms in total. The summed E-state index contributed by atoms with van der Waals surface area (Å²) in [5.41, 5.74) is 11.5. The van der Waals surface area contributed by atoms with E-state index in [9.17, 15) is 4.79 Å². The van der Waals surface area contributed by atoms with Crippen molar-refractivity contribution in [3.05, 3.63) is 78.0 Å². The minimum absolute atomic E-state index is 0.160. The first-order chi connectivity index (χ1) is 15.5. The average Bonchev–Trinajstić information content (AvgIpc) is 3.16. The Bertz CT molecular complexity index is 1260. The average molecular weight is 430 g/mol. The fourth-order valence-corrected chi connectivity index (χ4v) is 3.77. The van der Waals surface area contributed by atoms with Gasteiger partial charge in [-0.1, -0.05) is 36.4 Å². The number of carbonyl (C=O) groups excluding carboxylic acids is 1. The van der Waals surface area contributed by atoms with E-state index in [-0.39, 0.29) is 25.0 Å². The molecule has 0 radical (unpaired) electrons. The van der Waals surface area contributed by atoms with Crippen molar-refractivity contribution in [2.24, 2.45) is 0 Å². The fourth-order valence-electron chi connectivity index (χ4n) is 3.77. The summed E-state index contributed by atoms with van der Waals surface area (Å²) in [6, 6.07) is 21.9. The van der Waals surface area contributed by atoms with Crippen LogP contribution in [-0.4, -0.2) is 22.9 Å². The molecule has 164 valence electrons. The Morgan fingerprint density at radius 3 is 2.56 bits per heavy atom. The van der Waals surface area contributed by atoms with E-state index in [4.69, 9.17) is 20.3 Å². The van der Waals surface area contributed by atoms with Crippen LogP contribution in [0, 0.1) is 0 Å². The van der Waals surface area contributed by atoms with Crippen LogP contribution in [0.15, 0.2) is 66.7 Å². The Kier molecular flexibility index (Phi) is 6.12. The lowest BCUT2D eigenvalue weighted by Crippen LogP contribution is -2.07. The number of rotatable bonds is 7. The number of benzene rings is 3. The van der Waals surface area contributed by atoms with Crippen molar-refractivity contribution in [3.8, 4) is 16.9 Å². The molecule has 0 unspecified atom stereocenters. The van der Waals surface area contributed by atoms with E-state index in [0.717, 1.165) is 39.0 Å². The molecule has 1 heterocycles. The van der Waals surface area contributed by atoms with Gasteiger partial charge in [-0.15, -0.1) is 0 Å². The van der Waals surface area contributed by atoms with Crippen molar-refractivity contribution in [1.82, 2.24) is 9.78 Å². The van der Waals surface area contributed by atoms with Crippen LogP contribution in [0.25, 0.3) is 22.0 Å². The van der Waals surface area contributed by atoms with E-state index in [1.807, 2.05) is 53.2 Å². The third-order valence-electron chi connectivity index (χ3n) is 5.39. The summed E-state index contributed by atoms with van der Waals surface area (Å²) in [5.74, 6) is 0.347. The Balaban J connectivity index is 1.69. The molecule has 0 aliphatic carbocycles. The van der Waals surface area contributed by atoms with Gasteiger partial charge >= 0.3 is 5.97 Å². The summed E-state index contributed by atoms with van der Waals surface area (Å²) in [4.78, 5) is 11.8. The summed E-state index contributed by atoms with van der Waals surface area (Å²) < 4.78 is 12.9. The zero-order valence-electron chi connectivity index (χ0n) is 18.5. The molecule has 4 rings (SSSR count). The normalized spacial score (nSPS) is 11.1. The zero-order valence-corrected chi connectivity index (χ0v) is 18.5. The molecule has 4 aromatic rings. The van der Waals surface area contributed by atoms with E-state index < -0.39 is 0 Å². The standard InChI is InChI=1S/C26H27N3O3/c1-17(2)29-24-12-11-19(18-8-6-9-21(27)13-18)14-22(24)23(28-29)16-32-25-10-5-4-7-20(25)15-26(30)31-3/h4-14,17H,15-16,27H2,1-3H3. The number of para-hydroxylation sites is 1. The van der Waals surface area contributed by atoms with Gasteiger partial charge in [0.1, 0.15) is 18.1 Å². The number of ether oxygens (including phenoxy) is 2. The summed E-state index contributed by atoms with van der Waals surface area (Å²) in [6.45, 7) is 4.50. The van der Waals surface area contributed by atoms with Crippen molar-refractivity contribution >= 4 is 22.6 Å². The third kappa shape index (κ3) is 4.44. The highest BCUT2D eigenvalue weighted by Gasteiger charge is 2.16. The molecule has 32 heavy (non-hydrogen) atoms. The van der Waals surface area contributed by atoms with E-state index in [0.29, 0.717) is 5.75 Å². The first-order valence-corrected chi connectivity index (χ1v) is 10.6. The fraction of sp³-hybridized carbons (Fsp3) is 0.231. The van der Waals surface area contributed by atoms with Gasteiger partial charge in [0.05, 0.1) is 19.0 Å². The first-order valence-electron chi connectivity index (χ1n) is 10.6. The molecule has 3 aromatic carbocycles. The predicted octanol–water partition coefficient (Wildman–Crippen LogP) is 5.16. The Labute approximate surface area is 187 Å². The largest absolute Gasteiger partial charge is 0.487 e. The van der Waals surface area contributed by atoms with Gasteiger partial charge in [-0.2, -0.15) is 5.10 Å². The number of methoxy groups -OCH3 is 1. The molecule has 1 aromatic heterocycles. The van der Waals surface area contributed by atoms with Crippen LogP contribution in [0.2, 0.25) is 0 Å². The Morgan fingerprint density at radius 1 is 1.03 bits per heavy atom. The molecule has 0 atom stereocenters. The third-order valence-corrected chi connectivity index (χ3v) is 5.39. The van der Waals surface area contributed by atoms with Crippen LogP contribution in [0.4, 0.5) is 5.69 Å². The Morgan fingerprint density at radius 2 is 1.81 bits per heavy atom. The van der Waals surface area contributed by atoms with Gasteiger partial charge in [-0.3, -0.25) is 9.48 Å². The number of esters is 1. The number of carbonyl (C=O) groups is 1. The minimum atomic E-state index is -0.303. The number of aromatic nitrogens is 2. The van der Waals surface area contributed by atoms with Gasteiger partial charge in [0.2, 0.25) is 0 Å². The van der Waals surface area contributed by atoms with Crippen LogP contribution in [0.1, 0.15) is 31.1 Å². The quantitative estimate of drug-likeness (QED) is 0.324. The number of hydrogen-bond acceptors (Lipinski definition) is 5. The second-order valence-electron chi connectivity index (χ2n) is 7.99. The van der Waals surface area contributed by atoms with Crippen molar-refractivity contribution in [1.29, 1.82) is 0 Å². The topological polar surface area (TPSA) is 79.4 Å². The molecule has 0 aliphatic rings. The molecule has 0 bridgehead atoms. The summed E-state index contributed by atoms with van der Waals surface area (Å²) in [5, 5.41) is 5.87. The monoisotopic (exact) mass is 429 g/mol. The van der Waals surface area contributed by atoms with E-state index in [2.05, 4.69) is 32.0 Å². The number of fused-ring (bicyclic) bond motifs is 1. The highest BCUT2D eigenvalue weighted by molar-refractivity contribution is 5.87. The maximum absolute atomic E-state index is 11.8. The van der Waals surface area contributed by atoms with Gasteiger partial charge in [0.25, 0.3) is 0 Å². The molecule has 0 amide bonds. The predicted molar refractivity (Wildman–Crippen MR) is 126 cm³/mol. The maximum Gasteiger partial charge on any atom is 0.310 e. The molecular formula is C26H27N3O3. The van der Waals surface area contributed by atoms with E-state index in [1.54, 1.807) is 0 Å². The maximum atomic E-state index is 11.8. The summed E-state index contributed by atoms with van der Waals surface area (Å²) >= 11 is 0. The molecule has 0 spiro atoms.